The Balaban J connectivity index is 2.85. The second-order valence-corrected chi connectivity index (χ2v) is 2.96. The Bertz CT molecular complexity index is 323. The molecule has 0 radical (unpaired) electrons. The maximum Gasteiger partial charge on any atom is 0.123 e. The molecule has 0 heterocycles. The van der Waals surface area contributed by atoms with Crippen molar-refractivity contribution in [3.8, 4) is 0 Å². The molecule has 0 saturated carbocycles. The Morgan fingerprint density at radius 2 is 2.29 bits per heavy atom. The lowest BCUT2D eigenvalue weighted by Gasteiger charge is -2.02. The number of halogens is 1. The van der Waals surface area contributed by atoms with Gasteiger partial charge in [0.15, 0.2) is 0 Å². The van der Waals surface area contributed by atoms with Crippen LogP contribution in [-0.4, -0.2) is 18.7 Å². The summed E-state index contributed by atoms with van der Waals surface area (Å²) in [7, 11) is 1.85. The van der Waals surface area contributed by atoms with Crippen molar-refractivity contribution in [1.29, 1.82) is 0 Å². The Hall–Kier alpha value is -1.19. The van der Waals surface area contributed by atoms with E-state index in [-0.39, 0.29) is 12.4 Å². The van der Waals surface area contributed by atoms with Crippen LogP contribution in [0.5, 0.6) is 0 Å². The molecular formula is C11H14FNO. The van der Waals surface area contributed by atoms with E-state index < -0.39 is 0 Å². The van der Waals surface area contributed by atoms with Gasteiger partial charge in [-0.05, 0) is 30.3 Å². The second kappa shape index (κ2) is 5.52. The summed E-state index contributed by atoms with van der Waals surface area (Å²) in [5.74, 6) is -0.320. The van der Waals surface area contributed by atoms with E-state index in [1.807, 2.05) is 19.2 Å². The minimum absolute atomic E-state index is 0.142. The number of hydrogen-bond acceptors (Lipinski definition) is 2. The number of aliphatic hydroxyl groups excluding tert-OH is 1. The number of hydrogen-bond donors (Lipinski definition) is 2. The average Bonchev–Trinajstić information content (AvgIpc) is 2.20. The van der Waals surface area contributed by atoms with Gasteiger partial charge >= 0.3 is 0 Å². The SMILES string of the molecule is CNCC=Cc1ccc(F)cc1CO. The molecule has 0 amide bonds. The van der Waals surface area contributed by atoms with Crippen LogP contribution >= 0.6 is 0 Å². The average molecular weight is 195 g/mol. The lowest BCUT2D eigenvalue weighted by Crippen LogP contribution is -2.03. The topological polar surface area (TPSA) is 32.3 Å². The van der Waals surface area contributed by atoms with Gasteiger partial charge in [-0.15, -0.1) is 0 Å². The molecule has 0 atom stereocenters. The van der Waals surface area contributed by atoms with Crippen LogP contribution in [0, 0.1) is 5.82 Å². The predicted molar refractivity (Wildman–Crippen MR) is 55.3 cm³/mol. The number of nitrogens with one attached hydrogen (secondary N) is 1. The molecule has 0 spiro atoms. The normalized spacial score (nSPS) is 11.1. The lowest BCUT2D eigenvalue weighted by molar-refractivity contribution is 0.281. The smallest absolute Gasteiger partial charge is 0.123 e. The maximum atomic E-state index is 12.8. The summed E-state index contributed by atoms with van der Waals surface area (Å²) in [6.45, 7) is 0.610. The fourth-order valence-corrected chi connectivity index (χ4v) is 1.18. The lowest BCUT2D eigenvalue weighted by atomic mass is 10.1. The van der Waals surface area contributed by atoms with Crippen LogP contribution in [0.3, 0.4) is 0 Å². The monoisotopic (exact) mass is 195 g/mol. The molecule has 1 aromatic carbocycles. The third-order valence-corrected chi connectivity index (χ3v) is 1.89. The van der Waals surface area contributed by atoms with E-state index in [4.69, 9.17) is 5.11 Å². The first kappa shape index (κ1) is 10.9. The van der Waals surface area contributed by atoms with Crippen LogP contribution in [0.4, 0.5) is 4.39 Å². The van der Waals surface area contributed by atoms with Crippen molar-refractivity contribution < 1.29 is 9.50 Å². The molecule has 0 unspecified atom stereocenters. The van der Waals surface area contributed by atoms with Gasteiger partial charge in [0.05, 0.1) is 6.61 Å². The Morgan fingerprint density at radius 1 is 1.50 bits per heavy atom. The van der Waals surface area contributed by atoms with E-state index in [2.05, 4.69) is 5.32 Å². The molecule has 0 fully saturated rings. The van der Waals surface area contributed by atoms with Crippen LogP contribution in [0.2, 0.25) is 0 Å². The molecule has 0 aromatic heterocycles. The second-order valence-electron chi connectivity index (χ2n) is 2.96. The molecule has 3 heteroatoms. The van der Waals surface area contributed by atoms with Crippen LogP contribution in [-0.2, 0) is 6.61 Å². The van der Waals surface area contributed by atoms with Crippen molar-refractivity contribution in [3.63, 3.8) is 0 Å². The van der Waals surface area contributed by atoms with E-state index in [9.17, 15) is 4.39 Å². The number of benzene rings is 1. The van der Waals surface area contributed by atoms with E-state index in [0.717, 1.165) is 12.1 Å². The molecule has 14 heavy (non-hydrogen) atoms. The molecule has 0 aliphatic carbocycles. The Labute approximate surface area is 83.1 Å². The highest BCUT2D eigenvalue weighted by Gasteiger charge is 1.99. The summed E-state index contributed by atoms with van der Waals surface area (Å²) in [5, 5.41) is 11.9. The van der Waals surface area contributed by atoms with E-state index in [0.29, 0.717) is 5.56 Å². The molecule has 2 nitrogen and oxygen atoms in total. The standard InChI is InChI=1S/C11H14FNO/c1-13-6-2-3-9-4-5-11(12)7-10(9)8-14/h2-5,7,13-14H,6,8H2,1H3. The molecule has 0 aliphatic rings. The highest BCUT2D eigenvalue weighted by atomic mass is 19.1. The number of likely N-dealkylation sites (N-methyl/N-ethyl adjacent to an activating group) is 1. The molecule has 0 aliphatic heterocycles. The molecule has 1 aromatic rings. The zero-order valence-electron chi connectivity index (χ0n) is 8.13. The van der Waals surface area contributed by atoms with Crippen LogP contribution in [0.25, 0.3) is 6.08 Å². The van der Waals surface area contributed by atoms with Crippen LogP contribution < -0.4 is 5.32 Å². The quantitative estimate of drug-likeness (QED) is 0.764. The van der Waals surface area contributed by atoms with Crippen LogP contribution in [0.1, 0.15) is 11.1 Å². The zero-order chi connectivity index (χ0) is 10.4. The third kappa shape index (κ3) is 2.94. The van der Waals surface area contributed by atoms with Crippen molar-refractivity contribution in [2.24, 2.45) is 0 Å². The van der Waals surface area contributed by atoms with E-state index in [1.54, 1.807) is 6.07 Å². The van der Waals surface area contributed by atoms with Gasteiger partial charge in [0.2, 0.25) is 0 Å². The van der Waals surface area contributed by atoms with Crippen molar-refractivity contribution in [3.05, 3.63) is 41.2 Å². The van der Waals surface area contributed by atoms with E-state index >= 15 is 0 Å². The number of rotatable bonds is 4. The van der Waals surface area contributed by atoms with Gasteiger partial charge in [-0.25, -0.2) is 4.39 Å². The largest absolute Gasteiger partial charge is 0.392 e. The maximum absolute atomic E-state index is 12.8. The predicted octanol–water partition coefficient (Wildman–Crippen LogP) is 1.55. The fraction of sp³-hybridized carbons (Fsp3) is 0.273. The molecule has 76 valence electrons. The fourth-order valence-electron chi connectivity index (χ4n) is 1.18. The van der Waals surface area contributed by atoms with Gasteiger partial charge in [0.1, 0.15) is 5.82 Å². The molecular weight excluding hydrogens is 181 g/mol. The van der Waals surface area contributed by atoms with Crippen LogP contribution in [0.15, 0.2) is 24.3 Å². The van der Waals surface area contributed by atoms with Crippen molar-refractivity contribution in [2.45, 2.75) is 6.61 Å². The van der Waals surface area contributed by atoms with Gasteiger partial charge in [-0.3, -0.25) is 0 Å². The highest BCUT2D eigenvalue weighted by molar-refractivity contribution is 5.53. The minimum atomic E-state index is -0.320. The first-order valence-corrected chi connectivity index (χ1v) is 4.48. The summed E-state index contributed by atoms with van der Waals surface area (Å²) in [6.07, 6.45) is 3.79. The summed E-state index contributed by atoms with van der Waals surface area (Å²) >= 11 is 0. The van der Waals surface area contributed by atoms with Gasteiger partial charge in [-0.2, -0.15) is 0 Å². The van der Waals surface area contributed by atoms with E-state index in [1.165, 1.54) is 12.1 Å². The van der Waals surface area contributed by atoms with Gasteiger partial charge in [0.25, 0.3) is 0 Å². The minimum Gasteiger partial charge on any atom is -0.392 e. The van der Waals surface area contributed by atoms with Gasteiger partial charge in [0, 0.05) is 6.54 Å². The summed E-state index contributed by atoms with van der Waals surface area (Å²) in [6, 6.07) is 4.39. The highest BCUT2D eigenvalue weighted by Crippen LogP contribution is 2.12. The molecule has 2 N–H and O–H groups in total. The Morgan fingerprint density at radius 3 is 2.93 bits per heavy atom. The number of aliphatic hydroxyl groups is 1. The van der Waals surface area contributed by atoms with Crippen molar-refractivity contribution >= 4 is 6.08 Å². The first-order chi connectivity index (χ1) is 6.77. The third-order valence-electron chi connectivity index (χ3n) is 1.89. The van der Waals surface area contributed by atoms with Crippen molar-refractivity contribution in [1.82, 2.24) is 5.32 Å². The Kier molecular flexibility index (Phi) is 4.29. The molecule has 0 saturated heterocycles. The summed E-state index contributed by atoms with van der Waals surface area (Å²) in [4.78, 5) is 0. The molecule has 1 rings (SSSR count). The zero-order valence-corrected chi connectivity index (χ0v) is 8.13. The van der Waals surface area contributed by atoms with Crippen molar-refractivity contribution in [2.75, 3.05) is 13.6 Å². The first-order valence-electron chi connectivity index (χ1n) is 4.48. The van der Waals surface area contributed by atoms with Gasteiger partial charge in [-0.1, -0.05) is 18.2 Å². The summed E-state index contributed by atoms with van der Waals surface area (Å²) < 4.78 is 12.8. The van der Waals surface area contributed by atoms with Gasteiger partial charge < -0.3 is 10.4 Å². The molecule has 0 bridgehead atoms. The summed E-state index contributed by atoms with van der Waals surface area (Å²) in [5.41, 5.74) is 1.46.